The van der Waals surface area contributed by atoms with Gasteiger partial charge in [0.05, 0.1) is 13.2 Å². The van der Waals surface area contributed by atoms with Crippen molar-refractivity contribution < 1.29 is 23.8 Å². The van der Waals surface area contributed by atoms with Crippen molar-refractivity contribution in [1.29, 1.82) is 0 Å². The highest BCUT2D eigenvalue weighted by Crippen LogP contribution is 1.97. The van der Waals surface area contributed by atoms with Crippen LogP contribution in [-0.2, 0) is 34.7 Å². The molecule has 0 aromatic heterocycles. The molecule has 0 rings (SSSR count). The lowest BCUT2D eigenvalue weighted by atomic mass is 10.7. The fourth-order valence-corrected chi connectivity index (χ4v) is 2.41. The second-order valence-corrected chi connectivity index (χ2v) is 6.18. The Hall–Kier alpha value is -0.750. The van der Waals surface area contributed by atoms with Gasteiger partial charge in [-0.05, 0) is 24.7 Å². The summed E-state index contributed by atoms with van der Waals surface area (Å²) in [6, 6.07) is 0. The van der Waals surface area contributed by atoms with Gasteiger partial charge in [-0.2, -0.15) is 0 Å². The molecule has 18 heavy (non-hydrogen) atoms. The molecule has 0 aliphatic rings. The highest BCUT2D eigenvalue weighted by molar-refractivity contribution is 7.97. The third kappa shape index (κ3) is 10.4. The van der Waals surface area contributed by atoms with Gasteiger partial charge in [0.15, 0.2) is 0 Å². The Morgan fingerprint density at radius 1 is 0.944 bits per heavy atom. The van der Waals surface area contributed by atoms with Gasteiger partial charge in [-0.1, -0.05) is 0 Å². The van der Waals surface area contributed by atoms with Crippen LogP contribution in [0.5, 0.6) is 0 Å². The molecule has 0 N–H and O–H groups in total. The average Bonchev–Trinajstić information content (AvgIpc) is 2.34. The Balaban J connectivity index is 3.37. The zero-order valence-electron chi connectivity index (χ0n) is 11.4. The molecule has 0 radical (unpaired) electrons. The topological polar surface area (TPSA) is 61.8 Å². The Bertz CT molecular complexity index is 241. The first-order chi connectivity index (χ1) is 8.60. The molecule has 0 saturated carbocycles. The van der Waals surface area contributed by atoms with Crippen molar-refractivity contribution in [2.24, 2.45) is 0 Å². The van der Waals surface area contributed by atoms with Crippen molar-refractivity contribution in [2.45, 2.75) is 20.8 Å². The molecule has 106 valence electrons. The van der Waals surface area contributed by atoms with Crippen molar-refractivity contribution in [1.82, 2.24) is 0 Å². The van der Waals surface area contributed by atoms with Gasteiger partial charge in [-0.15, -0.1) is 0 Å². The van der Waals surface area contributed by atoms with Crippen LogP contribution in [-0.4, -0.2) is 55.6 Å². The molecular formula is C12H23O5S+. The fourth-order valence-electron chi connectivity index (χ4n) is 1.18. The fraction of sp³-hybridized carbons (Fsp3) is 0.833. The Morgan fingerprint density at radius 2 is 1.50 bits per heavy atom. The van der Waals surface area contributed by atoms with E-state index in [0.717, 1.165) is 11.5 Å². The lowest BCUT2D eigenvalue weighted by Gasteiger charge is -2.06. The molecule has 0 heterocycles. The van der Waals surface area contributed by atoms with Crippen LogP contribution in [0.15, 0.2) is 0 Å². The SMILES string of the molecule is CC[S+](CC)CC(=O)OCCOCCOC(C)=O. The first-order valence-corrected chi connectivity index (χ1v) is 7.84. The maximum Gasteiger partial charge on any atom is 0.356 e. The highest BCUT2D eigenvalue weighted by atomic mass is 32.2. The van der Waals surface area contributed by atoms with Crippen LogP contribution in [0.3, 0.4) is 0 Å². The molecule has 0 unspecified atom stereocenters. The third-order valence-corrected chi connectivity index (χ3v) is 4.44. The lowest BCUT2D eigenvalue weighted by molar-refractivity contribution is -0.143. The number of hydrogen-bond acceptors (Lipinski definition) is 5. The smallest absolute Gasteiger partial charge is 0.356 e. The molecule has 0 spiro atoms. The van der Waals surface area contributed by atoms with Crippen LogP contribution in [0.25, 0.3) is 0 Å². The van der Waals surface area contributed by atoms with E-state index in [1.54, 1.807) is 0 Å². The molecule has 0 aliphatic heterocycles. The van der Waals surface area contributed by atoms with Gasteiger partial charge in [0.1, 0.15) is 24.7 Å². The number of hydrogen-bond donors (Lipinski definition) is 0. The second-order valence-electron chi connectivity index (χ2n) is 3.51. The lowest BCUT2D eigenvalue weighted by Crippen LogP contribution is -2.23. The Morgan fingerprint density at radius 3 is 2.00 bits per heavy atom. The normalized spacial score (nSPS) is 10.4. The van der Waals surface area contributed by atoms with Gasteiger partial charge in [0.25, 0.3) is 0 Å². The van der Waals surface area contributed by atoms with Gasteiger partial charge >= 0.3 is 11.9 Å². The Kier molecular flexibility index (Phi) is 10.9. The van der Waals surface area contributed by atoms with Gasteiger partial charge < -0.3 is 14.2 Å². The van der Waals surface area contributed by atoms with E-state index in [1.807, 2.05) is 0 Å². The average molecular weight is 279 g/mol. The molecule has 0 amide bonds. The minimum absolute atomic E-state index is 0.143. The quantitative estimate of drug-likeness (QED) is 0.336. The van der Waals surface area contributed by atoms with Crippen LogP contribution in [0.2, 0.25) is 0 Å². The number of ether oxygens (including phenoxy) is 3. The molecule has 6 heteroatoms. The molecule has 0 fully saturated rings. The zero-order valence-corrected chi connectivity index (χ0v) is 12.2. The van der Waals surface area contributed by atoms with E-state index in [1.165, 1.54) is 6.92 Å². The summed E-state index contributed by atoms with van der Waals surface area (Å²) in [6.07, 6.45) is 0. The minimum Gasteiger partial charge on any atom is -0.463 e. The molecule has 0 aliphatic carbocycles. The monoisotopic (exact) mass is 279 g/mol. The summed E-state index contributed by atoms with van der Waals surface area (Å²) in [5.74, 6) is 2.05. The first kappa shape index (κ1) is 17.2. The number of carbonyl (C=O) groups is 2. The summed E-state index contributed by atoms with van der Waals surface area (Å²) in [7, 11) is 0.143. The van der Waals surface area contributed by atoms with Gasteiger partial charge in [0.2, 0.25) is 5.75 Å². The molecular weight excluding hydrogens is 256 g/mol. The predicted octanol–water partition coefficient (Wildman–Crippen LogP) is 0.767. The van der Waals surface area contributed by atoms with Gasteiger partial charge in [-0.3, -0.25) is 4.79 Å². The van der Waals surface area contributed by atoms with E-state index in [0.29, 0.717) is 19.0 Å². The molecule has 0 atom stereocenters. The molecule has 0 aromatic carbocycles. The number of carbonyl (C=O) groups excluding carboxylic acids is 2. The summed E-state index contributed by atoms with van der Waals surface area (Å²) in [5, 5.41) is 0. The second kappa shape index (κ2) is 11.3. The summed E-state index contributed by atoms with van der Waals surface area (Å²) in [5.41, 5.74) is 0. The third-order valence-electron chi connectivity index (χ3n) is 2.16. The molecule has 5 nitrogen and oxygen atoms in total. The summed E-state index contributed by atoms with van der Waals surface area (Å²) in [6.45, 7) is 6.66. The maximum absolute atomic E-state index is 11.4. The van der Waals surface area contributed by atoms with Gasteiger partial charge in [-0.25, -0.2) is 4.79 Å². The standard InChI is InChI=1S/C12H23O5S/c1-4-18(5-2)10-12(14)17-9-7-15-6-8-16-11(3)13/h4-10H2,1-3H3/q+1. The first-order valence-electron chi connectivity index (χ1n) is 6.10. The zero-order chi connectivity index (χ0) is 13.8. The molecule has 0 aromatic rings. The van der Waals surface area contributed by atoms with Crippen molar-refractivity contribution in [3.63, 3.8) is 0 Å². The molecule has 0 bridgehead atoms. The predicted molar refractivity (Wildman–Crippen MR) is 71.7 cm³/mol. The van der Waals surface area contributed by atoms with E-state index < -0.39 is 0 Å². The summed E-state index contributed by atoms with van der Waals surface area (Å²) >= 11 is 0. The van der Waals surface area contributed by atoms with Crippen molar-refractivity contribution in [3.05, 3.63) is 0 Å². The highest BCUT2D eigenvalue weighted by Gasteiger charge is 2.18. The van der Waals surface area contributed by atoms with E-state index in [-0.39, 0.29) is 36.0 Å². The largest absolute Gasteiger partial charge is 0.463 e. The van der Waals surface area contributed by atoms with Gasteiger partial charge in [0, 0.05) is 6.92 Å². The number of rotatable bonds is 10. The van der Waals surface area contributed by atoms with Crippen molar-refractivity contribution in [3.8, 4) is 0 Å². The van der Waals surface area contributed by atoms with E-state index in [9.17, 15) is 9.59 Å². The molecule has 0 saturated heterocycles. The van der Waals surface area contributed by atoms with Crippen LogP contribution >= 0.6 is 0 Å². The van der Waals surface area contributed by atoms with Crippen molar-refractivity contribution in [2.75, 3.05) is 43.7 Å². The van der Waals surface area contributed by atoms with Crippen LogP contribution in [0.4, 0.5) is 0 Å². The van der Waals surface area contributed by atoms with Crippen LogP contribution in [0, 0.1) is 0 Å². The Labute approximate surface area is 112 Å². The summed E-state index contributed by atoms with van der Waals surface area (Å²) < 4.78 is 14.9. The summed E-state index contributed by atoms with van der Waals surface area (Å²) in [4.78, 5) is 21.8. The van der Waals surface area contributed by atoms with Crippen LogP contribution in [0.1, 0.15) is 20.8 Å². The van der Waals surface area contributed by atoms with E-state index in [4.69, 9.17) is 9.47 Å². The van der Waals surface area contributed by atoms with Crippen molar-refractivity contribution >= 4 is 22.8 Å². The van der Waals surface area contributed by atoms with E-state index in [2.05, 4.69) is 18.6 Å². The maximum atomic E-state index is 11.4. The number of esters is 2. The van der Waals surface area contributed by atoms with E-state index >= 15 is 0 Å². The van der Waals surface area contributed by atoms with Crippen LogP contribution < -0.4 is 0 Å². The minimum atomic E-state index is -0.323.